The number of hydrogen-bond donors (Lipinski definition) is 1. The van der Waals surface area contributed by atoms with Crippen molar-refractivity contribution in [2.75, 3.05) is 17.8 Å². The summed E-state index contributed by atoms with van der Waals surface area (Å²) in [6, 6.07) is 6.29. The molecule has 1 N–H and O–H groups in total. The van der Waals surface area contributed by atoms with Crippen LogP contribution in [0, 0.1) is 0 Å². The minimum absolute atomic E-state index is 0.0280. The number of nitrogens with zero attached hydrogens (tertiary/aromatic N) is 2. The van der Waals surface area contributed by atoms with E-state index in [9.17, 15) is 4.79 Å². The molecular formula is C14H17BrN2O2S2. The normalized spacial score (nSPS) is 12.7. The number of thioether (sulfide) groups is 2. The summed E-state index contributed by atoms with van der Waals surface area (Å²) in [5, 5.41) is 9.70. The second kappa shape index (κ2) is 7.56. The summed E-state index contributed by atoms with van der Waals surface area (Å²) in [4.78, 5) is 15.5. The highest BCUT2D eigenvalue weighted by atomic mass is 79.9. The van der Waals surface area contributed by atoms with Gasteiger partial charge in [0.25, 0.3) is 0 Å². The summed E-state index contributed by atoms with van der Waals surface area (Å²) >= 11 is 6.58. The standard InChI is InChI=1S/C14H17BrN2O2S2/c1-3-10(7-20-2)17-12-6-9(15)4-5-11(12)16-14(17)21-8-13(18)19/h4-6,10H,3,7-8H2,1-2H3,(H,18,19). The molecule has 1 aromatic heterocycles. The van der Waals surface area contributed by atoms with Crippen molar-refractivity contribution in [2.24, 2.45) is 0 Å². The minimum Gasteiger partial charge on any atom is -0.481 e. The second-order valence-corrected chi connectivity index (χ2v) is 7.37. The fourth-order valence-electron chi connectivity index (χ4n) is 2.19. The van der Waals surface area contributed by atoms with Crippen molar-refractivity contribution in [3.8, 4) is 0 Å². The first-order chi connectivity index (χ1) is 10.1. The number of carbonyl (C=O) groups is 1. The van der Waals surface area contributed by atoms with Gasteiger partial charge in [0.1, 0.15) is 0 Å². The van der Waals surface area contributed by atoms with Gasteiger partial charge in [-0.25, -0.2) is 4.98 Å². The highest BCUT2D eigenvalue weighted by molar-refractivity contribution is 9.10. The monoisotopic (exact) mass is 388 g/mol. The molecule has 1 heterocycles. The van der Waals surface area contributed by atoms with Crippen molar-refractivity contribution < 1.29 is 9.90 Å². The topological polar surface area (TPSA) is 55.1 Å². The molecule has 114 valence electrons. The minimum atomic E-state index is -0.822. The highest BCUT2D eigenvalue weighted by Crippen LogP contribution is 2.32. The van der Waals surface area contributed by atoms with Crippen molar-refractivity contribution in [1.29, 1.82) is 0 Å². The second-order valence-electron chi connectivity index (χ2n) is 4.60. The van der Waals surface area contributed by atoms with Gasteiger partial charge in [-0.3, -0.25) is 4.79 Å². The van der Waals surface area contributed by atoms with E-state index in [1.807, 2.05) is 12.1 Å². The number of hydrogen-bond acceptors (Lipinski definition) is 4. The Kier molecular flexibility index (Phi) is 6.01. The van der Waals surface area contributed by atoms with Crippen LogP contribution < -0.4 is 0 Å². The van der Waals surface area contributed by atoms with Gasteiger partial charge in [0.2, 0.25) is 0 Å². The van der Waals surface area contributed by atoms with Crippen LogP contribution in [-0.2, 0) is 4.79 Å². The molecule has 1 atom stereocenters. The predicted octanol–water partition coefficient (Wildman–Crippen LogP) is 4.29. The molecule has 0 saturated heterocycles. The first-order valence-electron chi connectivity index (χ1n) is 6.57. The van der Waals surface area contributed by atoms with Gasteiger partial charge >= 0.3 is 5.97 Å². The molecule has 1 aromatic carbocycles. The van der Waals surface area contributed by atoms with E-state index in [0.717, 1.165) is 32.8 Å². The summed E-state index contributed by atoms with van der Waals surface area (Å²) in [5.74, 6) is 0.188. The van der Waals surface area contributed by atoms with E-state index in [2.05, 4.69) is 44.7 Å². The van der Waals surface area contributed by atoms with Crippen molar-refractivity contribution in [2.45, 2.75) is 24.5 Å². The molecule has 2 rings (SSSR count). The molecule has 21 heavy (non-hydrogen) atoms. The third-order valence-corrected chi connectivity index (χ3v) is 5.29. The van der Waals surface area contributed by atoms with E-state index in [4.69, 9.17) is 5.11 Å². The number of benzene rings is 1. The highest BCUT2D eigenvalue weighted by Gasteiger charge is 2.19. The van der Waals surface area contributed by atoms with Gasteiger partial charge in [0, 0.05) is 16.3 Å². The van der Waals surface area contributed by atoms with E-state index in [0.29, 0.717) is 6.04 Å². The number of fused-ring (bicyclic) bond motifs is 1. The van der Waals surface area contributed by atoms with Crippen LogP contribution in [0.3, 0.4) is 0 Å². The average Bonchev–Trinajstić information content (AvgIpc) is 2.80. The Balaban J connectivity index is 2.51. The average molecular weight is 389 g/mol. The van der Waals surface area contributed by atoms with E-state index in [-0.39, 0.29) is 5.75 Å². The smallest absolute Gasteiger partial charge is 0.313 e. The summed E-state index contributed by atoms with van der Waals surface area (Å²) in [6.45, 7) is 2.15. The van der Waals surface area contributed by atoms with Crippen LogP contribution in [-0.4, -0.2) is 38.4 Å². The largest absolute Gasteiger partial charge is 0.481 e. The van der Waals surface area contributed by atoms with Crippen LogP contribution in [0.1, 0.15) is 19.4 Å². The molecule has 0 bridgehead atoms. The molecule has 7 heteroatoms. The summed E-state index contributed by atoms with van der Waals surface area (Å²) < 4.78 is 3.19. The van der Waals surface area contributed by atoms with Crippen LogP contribution >= 0.6 is 39.5 Å². The molecule has 4 nitrogen and oxygen atoms in total. The molecule has 1 unspecified atom stereocenters. The van der Waals surface area contributed by atoms with Crippen molar-refractivity contribution >= 4 is 56.5 Å². The third kappa shape index (κ3) is 3.96. The maximum atomic E-state index is 10.8. The molecule has 0 aliphatic carbocycles. The fourth-order valence-corrected chi connectivity index (χ4v) is 4.11. The molecular weight excluding hydrogens is 372 g/mol. The van der Waals surface area contributed by atoms with Gasteiger partial charge in [-0.2, -0.15) is 11.8 Å². The van der Waals surface area contributed by atoms with Crippen molar-refractivity contribution in [3.05, 3.63) is 22.7 Å². The molecule has 0 saturated carbocycles. The Morgan fingerprint density at radius 1 is 1.52 bits per heavy atom. The molecule has 0 radical (unpaired) electrons. The fraction of sp³-hybridized carbons (Fsp3) is 0.429. The van der Waals surface area contributed by atoms with Crippen LogP contribution in [0.4, 0.5) is 0 Å². The summed E-state index contributed by atoms with van der Waals surface area (Å²) in [6.07, 6.45) is 3.07. The zero-order valence-corrected chi connectivity index (χ0v) is 15.1. The zero-order valence-electron chi connectivity index (χ0n) is 11.9. The molecule has 0 fully saturated rings. The first-order valence-corrected chi connectivity index (χ1v) is 9.75. The first kappa shape index (κ1) is 16.7. The van der Waals surface area contributed by atoms with Gasteiger partial charge in [0.15, 0.2) is 5.16 Å². The van der Waals surface area contributed by atoms with Crippen LogP contribution in [0.2, 0.25) is 0 Å². The lowest BCUT2D eigenvalue weighted by atomic mass is 10.2. The number of carboxylic acids is 1. The molecule has 0 amide bonds. The number of halogens is 1. The molecule has 0 aliphatic rings. The van der Waals surface area contributed by atoms with E-state index >= 15 is 0 Å². The Bertz CT molecular complexity index is 645. The maximum Gasteiger partial charge on any atom is 0.313 e. The number of aliphatic carboxylic acids is 1. The Hall–Kier alpha value is -0.660. The Labute approximate surface area is 140 Å². The lowest BCUT2D eigenvalue weighted by Gasteiger charge is -2.19. The number of aromatic nitrogens is 2. The predicted molar refractivity (Wildman–Crippen MR) is 93.5 cm³/mol. The maximum absolute atomic E-state index is 10.8. The van der Waals surface area contributed by atoms with Gasteiger partial charge in [-0.15, -0.1) is 0 Å². The Morgan fingerprint density at radius 2 is 2.29 bits per heavy atom. The summed E-state index contributed by atoms with van der Waals surface area (Å²) in [5.41, 5.74) is 1.96. The lowest BCUT2D eigenvalue weighted by Crippen LogP contribution is -2.12. The molecule has 2 aromatic rings. The van der Waals surface area contributed by atoms with Crippen molar-refractivity contribution in [3.63, 3.8) is 0 Å². The Morgan fingerprint density at radius 3 is 2.90 bits per heavy atom. The quantitative estimate of drug-likeness (QED) is 0.716. The number of rotatable bonds is 7. The van der Waals surface area contributed by atoms with Crippen LogP contribution in [0.15, 0.2) is 27.8 Å². The van der Waals surface area contributed by atoms with E-state index in [1.165, 1.54) is 11.8 Å². The van der Waals surface area contributed by atoms with Crippen LogP contribution in [0.25, 0.3) is 11.0 Å². The van der Waals surface area contributed by atoms with Crippen LogP contribution in [0.5, 0.6) is 0 Å². The third-order valence-electron chi connectivity index (χ3n) is 3.14. The van der Waals surface area contributed by atoms with Crippen molar-refractivity contribution in [1.82, 2.24) is 9.55 Å². The molecule has 0 spiro atoms. The number of imidazole rings is 1. The van der Waals surface area contributed by atoms with E-state index in [1.54, 1.807) is 11.8 Å². The van der Waals surface area contributed by atoms with Gasteiger partial charge in [-0.1, -0.05) is 34.6 Å². The number of carboxylic acid groups (broad SMARTS) is 1. The van der Waals surface area contributed by atoms with E-state index < -0.39 is 5.97 Å². The van der Waals surface area contributed by atoms with Gasteiger partial charge < -0.3 is 9.67 Å². The SMILES string of the molecule is CCC(CSC)n1c(SCC(=O)O)nc2ccc(Br)cc21. The molecule has 0 aliphatic heterocycles. The summed E-state index contributed by atoms with van der Waals surface area (Å²) in [7, 11) is 0. The van der Waals surface area contributed by atoms with Gasteiger partial charge in [-0.05, 0) is 30.9 Å². The van der Waals surface area contributed by atoms with Gasteiger partial charge in [0.05, 0.1) is 16.8 Å². The zero-order chi connectivity index (χ0) is 15.4. The lowest BCUT2D eigenvalue weighted by molar-refractivity contribution is -0.133.